The second kappa shape index (κ2) is 14.9. The largest absolute Gasteiger partial charge is 0.477 e. The molecule has 4 rings (SSSR count). The van der Waals surface area contributed by atoms with Crippen LogP contribution in [0.5, 0.6) is 0 Å². The molecule has 6 nitrogen and oxygen atoms in total. The lowest BCUT2D eigenvalue weighted by Gasteiger charge is -2.16. The van der Waals surface area contributed by atoms with Crippen LogP contribution in [0.2, 0.25) is 0 Å². The molecule has 12 heteroatoms. The summed E-state index contributed by atoms with van der Waals surface area (Å²) in [6, 6.07) is 6.39. The van der Waals surface area contributed by atoms with E-state index >= 15 is 0 Å². The van der Waals surface area contributed by atoms with Crippen molar-refractivity contribution in [2.45, 2.75) is 65.2 Å². The first kappa shape index (κ1) is 32.6. The number of aromatic carboxylic acids is 1. The third-order valence-corrected chi connectivity index (χ3v) is 10.5. The van der Waals surface area contributed by atoms with Crippen molar-refractivity contribution in [3.05, 3.63) is 54.6 Å². The molecular weight excluding hydrogens is 714 g/mol. The Balaban J connectivity index is 1.66. The molecule has 0 saturated heterocycles. The number of carbonyl (C=O) groups excluding carboxylic acids is 1. The summed E-state index contributed by atoms with van der Waals surface area (Å²) in [5.41, 5.74) is 0.736. The molecule has 0 spiro atoms. The van der Waals surface area contributed by atoms with Gasteiger partial charge in [0.15, 0.2) is 11.6 Å². The van der Waals surface area contributed by atoms with Gasteiger partial charge >= 0.3 is 11.9 Å². The van der Waals surface area contributed by atoms with E-state index in [0.29, 0.717) is 32.9 Å². The van der Waals surface area contributed by atoms with E-state index in [-0.39, 0.29) is 30.5 Å². The molecule has 0 aliphatic heterocycles. The summed E-state index contributed by atoms with van der Waals surface area (Å²) in [5, 5.41) is 9.44. The number of ether oxygens (including phenoxy) is 1. The van der Waals surface area contributed by atoms with Gasteiger partial charge in [0.05, 0.1) is 25.3 Å². The van der Waals surface area contributed by atoms with Crippen molar-refractivity contribution in [3.8, 4) is 21.1 Å². The molecule has 0 radical (unpaired) electrons. The van der Waals surface area contributed by atoms with Crippen LogP contribution in [0.4, 0.5) is 8.78 Å². The van der Waals surface area contributed by atoms with Crippen LogP contribution in [0.15, 0.2) is 33.2 Å². The zero-order chi connectivity index (χ0) is 30.4. The van der Waals surface area contributed by atoms with E-state index in [1.807, 2.05) is 0 Å². The minimum absolute atomic E-state index is 0.0676. The second-order valence-corrected chi connectivity index (χ2v) is 13.7. The summed E-state index contributed by atoms with van der Waals surface area (Å²) in [5.74, 6) is -3.45. The molecule has 1 unspecified atom stereocenters. The molecular formula is C30H30Br2F2N2O4S2. The molecule has 0 saturated carbocycles. The molecule has 224 valence electrons. The van der Waals surface area contributed by atoms with Gasteiger partial charge in [0, 0.05) is 0 Å². The molecule has 1 aromatic carbocycles. The van der Waals surface area contributed by atoms with Crippen LogP contribution in [-0.2, 0) is 4.74 Å². The van der Waals surface area contributed by atoms with E-state index in [4.69, 9.17) is 4.74 Å². The van der Waals surface area contributed by atoms with Crippen LogP contribution in [0, 0.1) is 17.6 Å². The van der Waals surface area contributed by atoms with Crippen LogP contribution in [-0.4, -0.2) is 33.6 Å². The predicted octanol–water partition coefficient (Wildman–Crippen LogP) is 10.5. The molecule has 0 amide bonds. The minimum Gasteiger partial charge on any atom is -0.477 e. The van der Waals surface area contributed by atoms with E-state index in [2.05, 4.69) is 55.7 Å². The average molecular weight is 745 g/mol. The number of nitrogens with zero attached hydrogens (tertiary/aromatic N) is 2. The molecule has 1 atom stereocenters. The average Bonchev–Trinajstić information content (AvgIpc) is 3.68. The maximum Gasteiger partial charge on any atom is 0.348 e. The van der Waals surface area contributed by atoms with Crippen LogP contribution in [0.3, 0.4) is 0 Å². The number of rotatable bonds is 14. The van der Waals surface area contributed by atoms with Gasteiger partial charge in [-0.1, -0.05) is 52.4 Å². The van der Waals surface area contributed by atoms with Gasteiger partial charge in [-0.15, -0.1) is 22.7 Å². The molecule has 3 heterocycles. The number of carboxylic acid groups (broad SMARTS) is 1. The SMILES string of the molecule is CCCCCCC(CCCC)COC(=O)c1ccc(-c2nc3c(Br)c(F)c(F)c(Br)c3nc2-c2ccc(C(=O)O)s2)s1. The number of thiophene rings is 2. The minimum atomic E-state index is -1.12. The van der Waals surface area contributed by atoms with Crippen LogP contribution in [0.25, 0.3) is 32.2 Å². The van der Waals surface area contributed by atoms with E-state index in [0.717, 1.165) is 54.8 Å². The number of esters is 1. The quantitative estimate of drug-likeness (QED) is 0.0599. The lowest BCUT2D eigenvalue weighted by molar-refractivity contribution is 0.0428. The Morgan fingerprint density at radius 1 is 0.833 bits per heavy atom. The van der Waals surface area contributed by atoms with E-state index in [1.54, 1.807) is 18.2 Å². The molecule has 0 bridgehead atoms. The Labute approximate surface area is 267 Å². The van der Waals surface area contributed by atoms with Gasteiger partial charge in [-0.3, -0.25) is 0 Å². The fraction of sp³-hybridized carbons (Fsp3) is 0.400. The molecule has 0 aliphatic carbocycles. The molecule has 0 fully saturated rings. The van der Waals surface area contributed by atoms with Crippen molar-refractivity contribution in [1.29, 1.82) is 0 Å². The molecule has 1 N–H and O–H groups in total. The van der Waals surface area contributed by atoms with Crippen molar-refractivity contribution in [2.75, 3.05) is 6.61 Å². The van der Waals surface area contributed by atoms with Crippen LogP contribution in [0.1, 0.15) is 84.6 Å². The van der Waals surface area contributed by atoms with Gasteiger partial charge in [-0.25, -0.2) is 28.3 Å². The van der Waals surface area contributed by atoms with Crippen molar-refractivity contribution < 1.29 is 28.2 Å². The van der Waals surface area contributed by atoms with Gasteiger partial charge in [0.1, 0.15) is 32.2 Å². The smallest absolute Gasteiger partial charge is 0.348 e. The molecule has 3 aromatic heterocycles. The fourth-order valence-corrected chi connectivity index (χ4v) is 7.20. The van der Waals surface area contributed by atoms with Crippen molar-refractivity contribution >= 4 is 77.5 Å². The number of unbranched alkanes of at least 4 members (excludes halogenated alkanes) is 4. The third kappa shape index (κ3) is 7.43. The summed E-state index contributed by atoms with van der Waals surface area (Å²) >= 11 is 8.32. The Bertz CT molecular complexity index is 1590. The highest BCUT2D eigenvalue weighted by Gasteiger charge is 2.25. The Morgan fingerprint density at radius 3 is 1.88 bits per heavy atom. The van der Waals surface area contributed by atoms with E-state index < -0.39 is 23.6 Å². The number of hydrogen-bond acceptors (Lipinski definition) is 7. The van der Waals surface area contributed by atoms with Crippen molar-refractivity contribution in [1.82, 2.24) is 9.97 Å². The first-order valence-electron chi connectivity index (χ1n) is 13.8. The summed E-state index contributed by atoms with van der Waals surface area (Å²) < 4.78 is 34.5. The zero-order valence-corrected chi connectivity index (χ0v) is 28.0. The number of hydrogen-bond donors (Lipinski definition) is 1. The highest BCUT2D eigenvalue weighted by molar-refractivity contribution is 9.11. The first-order valence-corrected chi connectivity index (χ1v) is 17.0. The van der Waals surface area contributed by atoms with E-state index in [9.17, 15) is 23.5 Å². The van der Waals surface area contributed by atoms with Gasteiger partial charge in [0.25, 0.3) is 0 Å². The molecule has 4 aromatic rings. The summed E-state index contributed by atoms with van der Waals surface area (Å²) in [7, 11) is 0. The Hall–Kier alpha value is -2.28. The number of benzene rings is 1. The molecule has 0 aliphatic rings. The van der Waals surface area contributed by atoms with Gasteiger partial charge in [-0.05, 0) is 74.9 Å². The lowest BCUT2D eigenvalue weighted by Crippen LogP contribution is -2.14. The number of carbonyl (C=O) groups is 2. The van der Waals surface area contributed by atoms with Gasteiger partial charge < -0.3 is 9.84 Å². The summed E-state index contributed by atoms with van der Waals surface area (Å²) in [6.45, 7) is 4.69. The number of halogens is 4. The molecule has 42 heavy (non-hydrogen) atoms. The normalized spacial score (nSPS) is 12.1. The summed E-state index contributed by atoms with van der Waals surface area (Å²) in [6.07, 6.45) is 8.89. The van der Waals surface area contributed by atoms with Gasteiger partial charge in [-0.2, -0.15) is 0 Å². The first-order chi connectivity index (χ1) is 20.2. The standard InChI is InChI=1S/C30H30Br2F2N2O4S2/c1-3-5-7-8-10-16(9-6-4-2)15-40-30(39)20-14-12-18(42-20)26-25(17-11-13-19(41-17)29(37)38)35-27-21(31)23(33)24(34)22(32)28(27)36-26/h11-14,16H,3-10,15H2,1-2H3,(H,37,38). The van der Waals surface area contributed by atoms with Crippen molar-refractivity contribution in [2.24, 2.45) is 5.92 Å². The summed E-state index contributed by atoms with van der Waals surface area (Å²) in [4.78, 5) is 35.3. The van der Waals surface area contributed by atoms with E-state index in [1.165, 1.54) is 25.3 Å². The maximum absolute atomic E-state index is 14.6. The maximum atomic E-state index is 14.6. The number of carboxylic acids is 1. The highest BCUT2D eigenvalue weighted by Crippen LogP contribution is 2.41. The second-order valence-electron chi connectivity index (χ2n) is 9.96. The zero-order valence-electron chi connectivity index (χ0n) is 23.1. The van der Waals surface area contributed by atoms with Crippen LogP contribution >= 0.6 is 54.5 Å². The number of aromatic nitrogens is 2. The third-order valence-electron chi connectivity index (χ3n) is 6.86. The van der Waals surface area contributed by atoms with Gasteiger partial charge in [0.2, 0.25) is 0 Å². The Kier molecular flexibility index (Phi) is 11.6. The lowest BCUT2D eigenvalue weighted by atomic mass is 9.96. The fourth-order valence-electron chi connectivity index (χ4n) is 4.57. The van der Waals surface area contributed by atoms with Crippen molar-refractivity contribution in [3.63, 3.8) is 0 Å². The number of fused-ring (bicyclic) bond motifs is 1. The predicted molar refractivity (Wildman–Crippen MR) is 170 cm³/mol. The Morgan fingerprint density at radius 2 is 1.36 bits per heavy atom. The van der Waals surface area contributed by atoms with Crippen LogP contribution < -0.4 is 0 Å². The highest BCUT2D eigenvalue weighted by atomic mass is 79.9. The topological polar surface area (TPSA) is 89.4 Å². The monoisotopic (exact) mass is 742 g/mol.